The minimum atomic E-state index is -0.750. The second-order valence-corrected chi connectivity index (χ2v) is 5.81. The molecule has 0 unspecified atom stereocenters. The van der Waals surface area contributed by atoms with Crippen molar-refractivity contribution in [3.63, 3.8) is 0 Å². The van der Waals surface area contributed by atoms with E-state index in [4.69, 9.17) is 34.8 Å². The number of benzene rings is 2. The maximum atomic E-state index is 4.81. The van der Waals surface area contributed by atoms with Crippen LogP contribution in [-0.2, 0) is 0 Å². The molecule has 3 rings (SSSR count). The minimum Gasteiger partial charge on any atom is -0.317 e. The molecule has 1 nitrogen and oxygen atoms in total. The molecule has 1 aromatic heterocycles. The van der Waals surface area contributed by atoms with Gasteiger partial charge in [0.1, 0.15) is 0 Å². The van der Waals surface area contributed by atoms with Crippen molar-refractivity contribution in [2.75, 3.05) is 0 Å². The standard InChI is InChI=1S/C14H11N.CHCl3/c1-2-15-13-9-5-3-7-11(13)12-8-4-6-10-14(12)15;2-1(3)4/h2-10H,1H2;1H. The van der Waals surface area contributed by atoms with E-state index in [0.29, 0.717) is 0 Å². The number of rotatable bonds is 1. The van der Waals surface area contributed by atoms with Crippen molar-refractivity contribution in [2.24, 2.45) is 0 Å². The number of hydrogen-bond donors (Lipinski definition) is 0. The zero-order valence-corrected chi connectivity index (χ0v) is 12.3. The van der Waals surface area contributed by atoms with Crippen molar-refractivity contribution in [3.8, 4) is 0 Å². The first-order valence-electron chi connectivity index (χ1n) is 5.67. The van der Waals surface area contributed by atoms with Crippen LogP contribution in [0.5, 0.6) is 0 Å². The third-order valence-electron chi connectivity index (χ3n) is 2.80. The first-order chi connectivity index (χ1) is 9.15. The monoisotopic (exact) mass is 311 g/mol. The van der Waals surface area contributed by atoms with Crippen molar-refractivity contribution in [1.82, 2.24) is 4.57 Å². The molecule has 0 N–H and O–H groups in total. The highest BCUT2D eigenvalue weighted by Gasteiger charge is 2.06. The van der Waals surface area contributed by atoms with E-state index in [9.17, 15) is 0 Å². The van der Waals surface area contributed by atoms with Gasteiger partial charge in [0.25, 0.3) is 0 Å². The summed E-state index contributed by atoms with van der Waals surface area (Å²) in [4.78, 5) is 0. The van der Waals surface area contributed by atoms with E-state index in [2.05, 4.69) is 59.7 Å². The molecule has 0 aliphatic rings. The number of aromatic nitrogens is 1. The lowest BCUT2D eigenvalue weighted by molar-refractivity contribution is 1.30. The summed E-state index contributed by atoms with van der Waals surface area (Å²) in [6, 6.07) is 16.8. The van der Waals surface area contributed by atoms with Crippen molar-refractivity contribution < 1.29 is 0 Å². The summed E-state index contributed by atoms with van der Waals surface area (Å²) < 4.78 is 1.38. The fourth-order valence-corrected chi connectivity index (χ4v) is 2.15. The summed E-state index contributed by atoms with van der Waals surface area (Å²) in [5, 5.41) is 2.57. The Morgan fingerprint density at radius 2 is 1.21 bits per heavy atom. The molecule has 0 radical (unpaired) electrons. The molecule has 0 atom stereocenters. The van der Waals surface area contributed by atoms with Crippen LogP contribution in [0.1, 0.15) is 0 Å². The zero-order valence-electron chi connectivity index (χ0n) is 10.1. The highest BCUT2D eigenvalue weighted by atomic mass is 35.6. The van der Waals surface area contributed by atoms with E-state index >= 15 is 0 Å². The Morgan fingerprint density at radius 3 is 1.58 bits per heavy atom. The van der Waals surface area contributed by atoms with Gasteiger partial charge in [-0.2, -0.15) is 0 Å². The number of alkyl halides is 3. The normalized spacial score (nSPS) is 10.5. The molecule has 0 spiro atoms. The predicted molar refractivity (Wildman–Crippen MR) is 87.2 cm³/mol. The van der Waals surface area contributed by atoms with E-state index < -0.39 is 4.30 Å². The molecule has 0 fully saturated rings. The molecule has 0 bridgehead atoms. The van der Waals surface area contributed by atoms with Crippen LogP contribution in [0, 0.1) is 0 Å². The van der Waals surface area contributed by atoms with Crippen LogP contribution < -0.4 is 0 Å². The summed E-state index contributed by atoms with van der Waals surface area (Å²) in [6.45, 7) is 3.87. The molecule has 0 saturated heterocycles. The van der Waals surface area contributed by atoms with E-state index in [-0.39, 0.29) is 0 Å². The first-order valence-corrected chi connectivity index (χ1v) is 6.98. The van der Waals surface area contributed by atoms with Crippen LogP contribution in [0.25, 0.3) is 28.0 Å². The summed E-state index contributed by atoms with van der Waals surface area (Å²) in [5.41, 5.74) is 2.43. The Morgan fingerprint density at radius 1 is 0.842 bits per heavy atom. The molecule has 0 amide bonds. The first kappa shape index (κ1) is 14.3. The number of nitrogens with zero attached hydrogens (tertiary/aromatic N) is 1. The van der Waals surface area contributed by atoms with Gasteiger partial charge in [0.15, 0.2) is 4.30 Å². The average Bonchev–Trinajstić information content (AvgIpc) is 2.72. The largest absolute Gasteiger partial charge is 0.317 e. The summed E-state index contributed by atoms with van der Waals surface area (Å²) >= 11 is 14.4. The van der Waals surface area contributed by atoms with E-state index in [0.717, 1.165) is 0 Å². The summed E-state index contributed by atoms with van der Waals surface area (Å²) in [7, 11) is 0. The third-order valence-corrected chi connectivity index (χ3v) is 2.80. The van der Waals surface area contributed by atoms with Gasteiger partial charge in [-0.25, -0.2) is 0 Å². The molecule has 0 aliphatic carbocycles. The van der Waals surface area contributed by atoms with Gasteiger partial charge in [-0.1, -0.05) is 77.8 Å². The second-order valence-electron chi connectivity index (χ2n) is 3.83. The number of hydrogen-bond acceptors (Lipinski definition) is 0. The predicted octanol–water partition coefficient (Wildman–Crippen LogP) is 5.88. The molecular weight excluding hydrogens is 301 g/mol. The maximum absolute atomic E-state index is 4.81. The molecule has 4 heteroatoms. The fourth-order valence-electron chi connectivity index (χ4n) is 2.15. The van der Waals surface area contributed by atoms with Gasteiger partial charge in [0.2, 0.25) is 0 Å². The Bertz CT molecular complexity index is 645. The maximum Gasteiger partial charge on any atom is 0.180 e. The van der Waals surface area contributed by atoms with Crippen LogP contribution >= 0.6 is 34.8 Å². The van der Waals surface area contributed by atoms with Crippen molar-refractivity contribution >= 4 is 62.8 Å². The highest BCUT2D eigenvalue weighted by molar-refractivity contribution is 6.63. The van der Waals surface area contributed by atoms with Gasteiger partial charge < -0.3 is 4.57 Å². The molecule has 3 aromatic rings. The van der Waals surface area contributed by atoms with Crippen LogP contribution in [0.3, 0.4) is 0 Å². The van der Waals surface area contributed by atoms with Gasteiger partial charge in [-0.3, -0.25) is 0 Å². The molecule has 19 heavy (non-hydrogen) atoms. The lowest BCUT2D eigenvalue weighted by Gasteiger charge is -1.97. The number of halogens is 3. The second kappa shape index (κ2) is 6.33. The van der Waals surface area contributed by atoms with Gasteiger partial charge >= 0.3 is 0 Å². The van der Waals surface area contributed by atoms with E-state index in [1.165, 1.54) is 21.8 Å². The van der Waals surface area contributed by atoms with Crippen molar-refractivity contribution in [3.05, 3.63) is 55.1 Å². The number of para-hydroxylation sites is 2. The third kappa shape index (κ3) is 3.06. The molecular formula is C15H12Cl3N. The Labute approximate surface area is 127 Å². The molecule has 0 aliphatic heterocycles. The van der Waals surface area contributed by atoms with Crippen LogP contribution in [0.2, 0.25) is 0 Å². The molecule has 0 saturated carbocycles. The number of fused-ring (bicyclic) bond motifs is 3. The fraction of sp³-hybridized carbons (Fsp3) is 0.0667. The summed E-state index contributed by atoms with van der Waals surface area (Å²) in [5.74, 6) is 0. The molecule has 98 valence electrons. The Hall–Kier alpha value is -1.15. The minimum absolute atomic E-state index is 0.750. The van der Waals surface area contributed by atoms with Gasteiger partial charge in [0.05, 0.1) is 11.0 Å². The molecule has 2 aromatic carbocycles. The smallest absolute Gasteiger partial charge is 0.180 e. The van der Waals surface area contributed by atoms with Crippen LogP contribution in [-0.4, -0.2) is 8.86 Å². The van der Waals surface area contributed by atoms with Crippen LogP contribution in [0.15, 0.2) is 55.1 Å². The van der Waals surface area contributed by atoms with Crippen molar-refractivity contribution in [2.45, 2.75) is 4.30 Å². The zero-order chi connectivity index (χ0) is 13.8. The van der Waals surface area contributed by atoms with E-state index in [1.54, 1.807) is 0 Å². The van der Waals surface area contributed by atoms with Gasteiger partial charge in [-0.05, 0) is 12.1 Å². The quantitative estimate of drug-likeness (QED) is 0.494. The Balaban J connectivity index is 0.000000297. The molecule has 1 heterocycles. The Kier molecular flexibility index (Phi) is 4.76. The lowest BCUT2D eigenvalue weighted by Crippen LogP contribution is -1.82. The summed E-state index contributed by atoms with van der Waals surface area (Å²) in [6.07, 6.45) is 1.87. The van der Waals surface area contributed by atoms with Crippen LogP contribution in [0.4, 0.5) is 0 Å². The van der Waals surface area contributed by atoms with Gasteiger partial charge in [0, 0.05) is 17.0 Å². The average molecular weight is 313 g/mol. The van der Waals surface area contributed by atoms with Gasteiger partial charge in [-0.15, -0.1) is 0 Å². The lowest BCUT2D eigenvalue weighted by atomic mass is 10.2. The highest BCUT2D eigenvalue weighted by Crippen LogP contribution is 2.28. The topological polar surface area (TPSA) is 4.93 Å². The van der Waals surface area contributed by atoms with E-state index in [1.807, 2.05) is 6.20 Å². The SMILES string of the molecule is C=Cn1c2ccccc2c2ccccc21.ClC(Cl)Cl. The van der Waals surface area contributed by atoms with Crippen molar-refractivity contribution in [1.29, 1.82) is 0 Å².